The van der Waals surface area contributed by atoms with Crippen molar-refractivity contribution in [3.8, 4) is 0 Å². The summed E-state index contributed by atoms with van der Waals surface area (Å²) in [5.41, 5.74) is 2.71. The number of anilines is 1. The predicted molar refractivity (Wildman–Crippen MR) is 68.6 cm³/mol. The average molecular weight is 232 g/mol. The second-order valence-corrected chi connectivity index (χ2v) is 4.57. The number of benzene rings is 1. The summed E-state index contributed by atoms with van der Waals surface area (Å²) in [6.45, 7) is 2.11. The van der Waals surface area contributed by atoms with Gasteiger partial charge in [-0.1, -0.05) is 0 Å². The lowest BCUT2D eigenvalue weighted by Crippen LogP contribution is -2.33. The van der Waals surface area contributed by atoms with E-state index >= 15 is 0 Å². The van der Waals surface area contributed by atoms with Gasteiger partial charge in [-0.25, -0.2) is 4.79 Å². The molecule has 0 spiro atoms. The summed E-state index contributed by atoms with van der Waals surface area (Å²) >= 11 is 0. The minimum absolute atomic E-state index is 0.151. The van der Waals surface area contributed by atoms with Gasteiger partial charge < -0.3 is 20.2 Å². The molecule has 1 aliphatic heterocycles. The Balaban J connectivity index is 1.96. The quantitative estimate of drug-likeness (QED) is 0.712. The zero-order valence-corrected chi connectivity index (χ0v) is 9.79. The van der Waals surface area contributed by atoms with Crippen LogP contribution in [0, 0.1) is 0 Å². The smallest absolute Gasteiger partial charge is 0.323 e. The first-order chi connectivity index (χ1) is 8.24. The molecule has 5 nitrogen and oxygen atoms in total. The molecule has 0 radical (unpaired) electrons. The number of imidazole rings is 1. The molecular formula is C12H16N4O. The van der Waals surface area contributed by atoms with Gasteiger partial charge in [0.25, 0.3) is 0 Å². The Morgan fingerprint density at radius 1 is 1.29 bits per heavy atom. The number of likely N-dealkylation sites (N-methyl/N-ethyl adjacent to an activating group) is 1. The SMILES string of the molecule is CN(c1ccc2[nH]c(=O)[nH]c2c1)C1CCNC1. The average Bonchev–Trinajstić information content (AvgIpc) is 2.94. The van der Waals surface area contributed by atoms with Crippen molar-refractivity contribution in [1.29, 1.82) is 0 Å². The van der Waals surface area contributed by atoms with Crippen LogP contribution in [0.15, 0.2) is 23.0 Å². The molecule has 0 bridgehead atoms. The maximum Gasteiger partial charge on any atom is 0.323 e. The summed E-state index contributed by atoms with van der Waals surface area (Å²) in [5, 5.41) is 3.36. The molecule has 3 N–H and O–H groups in total. The zero-order chi connectivity index (χ0) is 11.8. The minimum Gasteiger partial charge on any atom is -0.370 e. The second kappa shape index (κ2) is 3.92. The van der Waals surface area contributed by atoms with E-state index in [-0.39, 0.29) is 5.69 Å². The van der Waals surface area contributed by atoms with E-state index in [1.165, 1.54) is 0 Å². The fourth-order valence-corrected chi connectivity index (χ4v) is 2.42. The Morgan fingerprint density at radius 2 is 2.12 bits per heavy atom. The van der Waals surface area contributed by atoms with Crippen molar-refractivity contribution in [2.75, 3.05) is 25.0 Å². The van der Waals surface area contributed by atoms with E-state index in [2.05, 4.69) is 27.2 Å². The first kappa shape index (κ1) is 10.4. The third-order valence-electron chi connectivity index (χ3n) is 3.49. The van der Waals surface area contributed by atoms with Crippen LogP contribution in [0.4, 0.5) is 5.69 Å². The van der Waals surface area contributed by atoms with E-state index in [4.69, 9.17) is 0 Å². The molecular weight excluding hydrogens is 216 g/mol. The van der Waals surface area contributed by atoms with Crippen LogP contribution in [0.5, 0.6) is 0 Å². The normalized spacial score (nSPS) is 19.9. The standard InChI is InChI=1S/C12H16N4O/c1-16(9-4-5-13-7-9)8-2-3-10-11(6-8)15-12(17)14-10/h2-3,6,9,13H,4-5,7H2,1H3,(H2,14,15,17). The van der Waals surface area contributed by atoms with Crippen molar-refractivity contribution in [3.63, 3.8) is 0 Å². The van der Waals surface area contributed by atoms with E-state index in [0.717, 1.165) is 36.2 Å². The third-order valence-corrected chi connectivity index (χ3v) is 3.49. The molecule has 2 heterocycles. The van der Waals surface area contributed by atoms with Gasteiger partial charge in [0.2, 0.25) is 0 Å². The molecule has 1 atom stereocenters. The number of H-pyrrole nitrogens is 2. The maximum absolute atomic E-state index is 11.2. The predicted octanol–water partition coefficient (Wildman–Crippen LogP) is 0.654. The molecule has 0 amide bonds. The monoisotopic (exact) mass is 232 g/mol. The molecule has 1 saturated heterocycles. The Bertz CT molecular complexity index is 579. The maximum atomic E-state index is 11.2. The van der Waals surface area contributed by atoms with Crippen LogP contribution in [0.2, 0.25) is 0 Å². The lowest BCUT2D eigenvalue weighted by molar-refractivity contribution is 0.686. The zero-order valence-electron chi connectivity index (χ0n) is 9.79. The van der Waals surface area contributed by atoms with Crippen LogP contribution < -0.4 is 15.9 Å². The Kier molecular flexibility index (Phi) is 2.40. The minimum atomic E-state index is -0.151. The first-order valence-electron chi connectivity index (χ1n) is 5.89. The largest absolute Gasteiger partial charge is 0.370 e. The number of aromatic nitrogens is 2. The van der Waals surface area contributed by atoms with Gasteiger partial charge >= 0.3 is 5.69 Å². The number of fused-ring (bicyclic) bond motifs is 1. The van der Waals surface area contributed by atoms with Crippen molar-refractivity contribution >= 4 is 16.7 Å². The van der Waals surface area contributed by atoms with Gasteiger partial charge in [-0.2, -0.15) is 0 Å². The van der Waals surface area contributed by atoms with Crippen LogP contribution in [-0.4, -0.2) is 36.1 Å². The van der Waals surface area contributed by atoms with Crippen molar-refractivity contribution in [2.45, 2.75) is 12.5 Å². The lowest BCUT2D eigenvalue weighted by atomic mass is 10.2. The van der Waals surface area contributed by atoms with Crippen molar-refractivity contribution in [2.24, 2.45) is 0 Å². The van der Waals surface area contributed by atoms with Crippen LogP contribution >= 0.6 is 0 Å². The number of rotatable bonds is 2. The number of hydrogen-bond acceptors (Lipinski definition) is 3. The number of nitrogens with zero attached hydrogens (tertiary/aromatic N) is 1. The molecule has 1 aromatic heterocycles. The van der Waals surface area contributed by atoms with Gasteiger partial charge in [-0.05, 0) is 31.2 Å². The topological polar surface area (TPSA) is 63.9 Å². The van der Waals surface area contributed by atoms with Crippen LogP contribution in [0.3, 0.4) is 0 Å². The molecule has 1 fully saturated rings. The summed E-state index contributed by atoms with van der Waals surface area (Å²) in [7, 11) is 2.10. The lowest BCUT2D eigenvalue weighted by Gasteiger charge is -2.25. The molecule has 3 rings (SSSR count). The molecule has 1 unspecified atom stereocenters. The van der Waals surface area contributed by atoms with E-state index in [9.17, 15) is 4.79 Å². The summed E-state index contributed by atoms with van der Waals surface area (Å²) in [5.74, 6) is 0. The van der Waals surface area contributed by atoms with Gasteiger partial charge in [0.15, 0.2) is 0 Å². The van der Waals surface area contributed by atoms with Crippen molar-refractivity contribution in [3.05, 3.63) is 28.7 Å². The highest BCUT2D eigenvalue weighted by molar-refractivity contribution is 5.79. The number of nitrogens with one attached hydrogen (secondary N) is 3. The molecule has 1 aromatic carbocycles. The summed E-state index contributed by atoms with van der Waals surface area (Å²) < 4.78 is 0. The third kappa shape index (κ3) is 1.82. The Hall–Kier alpha value is -1.75. The van der Waals surface area contributed by atoms with Gasteiger partial charge in [0, 0.05) is 25.3 Å². The first-order valence-corrected chi connectivity index (χ1v) is 5.89. The molecule has 0 aliphatic carbocycles. The molecule has 0 saturated carbocycles. The highest BCUT2D eigenvalue weighted by Gasteiger charge is 2.19. The molecule has 17 heavy (non-hydrogen) atoms. The van der Waals surface area contributed by atoms with Crippen molar-refractivity contribution in [1.82, 2.24) is 15.3 Å². The Morgan fingerprint density at radius 3 is 2.88 bits per heavy atom. The molecule has 5 heteroatoms. The fourth-order valence-electron chi connectivity index (χ4n) is 2.42. The van der Waals surface area contributed by atoms with Gasteiger partial charge in [0.05, 0.1) is 11.0 Å². The summed E-state index contributed by atoms with van der Waals surface area (Å²) in [6.07, 6.45) is 1.16. The summed E-state index contributed by atoms with van der Waals surface area (Å²) in [4.78, 5) is 19.0. The van der Waals surface area contributed by atoms with Crippen LogP contribution in [-0.2, 0) is 0 Å². The van der Waals surface area contributed by atoms with E-state index in [1.807, 2.05) is 18.2 Å². The van der Waals surface area contributed by atoms with Crippen LogP contribution in [0.1, 0.15) is 6.42 Å². The Labute approximate surface area is 98.8 Å². The molecule has 2 aromatic rings. The van der Waals surface area contributed by atoms with E-state index < -0.39 is 0 Å². The number of aromatic amines is 2. The van der Waals surface area contributed by atoms with Crippen LogP contribution in [0.25, 0.3) is 11.0 Å². The van der Waals surface area contributed by atoms with Gasteiger partial charge in [0.1, 0.15) is 0 Å². The fraction of sp³-hybridized carbons (Fsp3) is 0.417. The summed E-state index contributed by atoms with van der Waals surface area (Å²) in [6, 6.07) is 6.55. The van der Waals surface area contributed by atoms with E-state index in [1.54, 1.807) is 0 Å². The number of hydrogen-bond donors (Lipinski definition) is 3. The van der Waals surface area contributed by atoms with Gasteiger partial charge in [-0.15, -0.1) is 0 Å². The second-order valence-electron chi connectivity index (χ2n) is 4.57. The molecule has 90 valence electrons. The molecule has 1 aliphatic rings. The van der Waals surface area contributed by atoms with E-state index in [0.29, 0.717) is 6.04 Å². The highest BCUT2D eigenvalue weighted by atomic mass is 16.1. The highest BCUT2D eigenvalue weighted by Crippen LogP contribution is 2.21. The van der Waals surface area contributed by atoms with Gasteiger partial charge in [-0.3, -0.25) is 0 Å². The van der Waals surface area contributed by atoms with Crippen molar-refractivity contribution < 1.29 is 0 Å².